The molecule has 6 heteroatoms. The molecule has 1 amide bonds. The Labute approximate surface area is 198 Å². The van der Waals surface area contributed by atoms with Gasteiger partial charge in [0.2, 0.25) is 0 Å². The van der Waals surface area contributed by atoms with Crippen molar-refractivity contribution in [1.82, 2.24) is 4.90 Å². The van der Waals surface area contributed by atoms with Crippen LogP contribution in [0.25, 0.3) is 11.1 Å². The molecule has 1 atom stereocenters. The number of carboxylic acid groups (broad SMARTS) is 1. The summed E-state index contributed by atoms with van der Waals surface area (Å²) in [6, 6.07) is 22.2. The molecule has 33 heavy (non-hydrogen) atoms. The molecule has 1 N–H and O–H groups in total. The Balaban J connectivity index is 1.60. The van der Waals surface area contributed by atoms with Crippen molar-refractivity contribution in [2.45, 2.75) is 32.4 Å². The van der Waals surface area contributed by atoms with Crippen LogP contribution in [0.3, 0.4) is 0 Å². The molecule has 170 valence electrons. The van der Waals surface area contributed by atoms with Crippen molar-refractivity contribution in [2.24, 2.45) is 5.92 Å². The maximum atomic E-state index is 13.3. The SMILES string of the molecule is CC(C)C(C(=O)O)N(Cc1ccccc1Cl)C(=O)OCC1c2ccccc2-c2ccccc21. The van der Waals surface area contributed by atoms with Gasteiger partial charge in [-0.25, -0.2) is 9.59 Å². The van der Waals surface area contributed by atoms with Crippen LogP contribution in [0.4, 0.5) is 4.79 Å². The van der Waals surface area contributed by atoms with Crippen molar-refractivity contribution < 1.29 is 19.4 Å². The third-order valence-corrected chi connectivity index (χ3v) is 6.46. The minimum Gasteiger partial charge on any atom is -0.480 e. The van der Waals surface area contributed by atoms with Crippen LogP contribution in [0.2, 0.25) is 5.02 Å². The number of carbonyl (C=O) groups excluding carboxylic acids is 1. The van der Waals surface area contributed by atoms with Gasteiger partial charge in [-0.2, -0.15) is 0 Å². The van der Waals surface area contributed by atoms with E-state index in [2.05, 4.69) is 12.1 Å². The molecule has 0 saturated heterocycles. The Bertz CT molecular complexity index is 1130. The van der Waals surface area contributed by atoms with Crippen LogP contribution in [0.5, 0.6) is 0 Å². The number of ether oxygens (including phenoxy) is 1. The van der Waals surface area contributed by atoms with Crippen LogP contribution >= 0.6 is 11.6 Å². The maximum absolute atomic E-state index is 13.3. The smallest absolute Gasteiger partial charge is 0.410 e. The molecule has 0 radical (unpaired) electrons. The number of aliphatic carboxylic acids is 1. The second-order valence-corrected chi connectivity index (χ2v) is 8.96. The van der Waals surface area contributed by atoms with Gasteiger partial charge < -0.3 is 9.84 Å². The molecule has 1 aliphatic rings. The van der Waals surface area contributed by atoms with Gasteiger partial charge in [-0.05, 0) is 39.8 Å². The molecule has 0 aliphatic heterocycles. The van der Waals surface area contributed by atoms with Crippen LogP contribution in [-0.4, -0.2) is 34.7 Å². The summed E-state index contributed by atoms with van der Waals surface area (Å²) >= 11 is 6.30. The average molecular weight is 464 g/mol. The minimum absolute atomic E-state index is 0.0471. The highest BCUT2D eigenvalue weighted by Crippen LogP contribution is 2.44. The summed E-state index contributed by atoms with van der Waals surface area (Å²) in [7, 11) is 0. The molecular formula is C27H26ClNO4. The molecule has 3 aromatic carbocycles. The third kappa shape index (κ3) is 4.60. The summed E-state index contributed by atoms with van der Waals surface area (Å²) in [6.45, 7) is 3.71. The Hall–Kier alpha value is -3.31. The Morgan fingerprint density at radius 2 is 1.48 bits per heavy atom. The van der Waals surface area contributed by atoms with E-state index in [1.165, 1.54) is 4.90 Å². The summed E-state index contributed by atoms with van der Waals surface area (Å²) in [5, 5.41) is 10.3. The normalized spacial score (nSPS) is 13.3. The number of fused-ring (bicyclic) bond motifs is 3. The number of amides is 1. The van der Waals surface area contributed by atoms with E-state index in [1.807, 2.05) is 42.5 Å². The van der Waals surface area contributed by atoms with E-state index in [0.717, 1.165) is 22.3 Å². The number of carbonyl (C=O) groups is 2. The van der Waals surface area contributed by atoms with Crippen molar-refractivity contribution >= 4 is 23.7 Å². The minimum atomic E-state index is -1.08. The monoisotopic (exact) mass is 463 g/mol. The standard InChI is InChI=1S/C27H26ClNO4/c1-17(2)25(26(30)31)29(15-18-9-3-8-14-24(18)28)27(32)33-16-23-21-12-6-4-10-19(21)20-11-5-7-13-22(20)23/h3-14,17,23,25H,15-16H2,1-2H3,(H,30,31). The van der Waals surface area contributed by atoms with Gasteiger partial charge in [0.1, 0.15) is 12.6 Å². The third-order valence-electron chi connectivity index (χ3n) is 6.09. The number of nitrogens with zero attached hydrogens (tertiary/aromatic N) is 1. The van der Waals surface area contributed by atoms with Crippen LogP contribution in [-0.2, 0) is 16.1 Å². The lowest BCUT2D eigenvalue weighted by Gasteiger charge is -2.31. The Morgan fingerprint density at radius 3 is 2.03 bits per heavy atom. The van der Waals surface area contributed by atoms with Crippen LogP contribution in [0.1, 0.15) is 36.5 Å². The van der Waals surface area contributed by atoms with E-state index in [1.54, 1.807) is 32.0 Å². The molecule has 4 rings (SSSR count). The van der Waals surface area contributed by atoms with Gasteiger partial charge in [0.05, 0.1) is 6.54 Å². The first kappa shape index (κ1) is 22.9. The topological polar surface area (TPSA) is 66.8 Å². The zero-order chi connectivity index (χ0) is 23.5. The fourth-order valence-corrected chi connectivity index (χ4v) is 4.74. The van der Waals surface area contributed by atoms with Crippen molar-refractivity contribution in [3.8, 4) is 11.1 Å². The molecule has 3 aromatic rings. The number of halogens is 1. The predicted molar refractivity (Wildman–Crippen MR) is 128 cm³/mol. The lowest BCUT2D eigenvalue weighted by atomic mass is 9.98. The Kier molecular flexibility index (Phi) is 6.70. The highest BCUT2D eigenvalue weighted by molar-refractivity contribution is 6.31. The molecule has 0 fully saturated rings. The molecule has 1 aliphatic carbocycles. The van der Waals surface area contributed by atoms with Gasteiger partial charge in [-0.3, -0.25) is 4.90 Å². The number of hydrogen-bond acceptors (Lipinski definition) is 3. The predicted octanol–water partition coefficient (Wildman–Crippen LogP) is 6.20. The number of hydrogen-bond donors (Lipinski definition) is 1. The van der Waals surface area contributed by atoms with E-state index in [4.69, 9.17) is 16.3 Å². The molecule has 1 unspecified atom stereocenters. The molecule has 0 spiro atoms. The lowest BCUT2D eigenvalue weighted by Crippen LogP contribution is -2.48. The van der Waals surface area contributed by atoms with Gasteiger partial charge in [-0.1, -0.05) is 92.2 Å². The molecule has 0 heterocycles. The van der Waals surface area contributed by atoms with E-state index in [9.17, 15) is 14.7 Å². The first-order valence-corrected chi connectivity index (χ1v) is 11.3. The largest absolute Gasteiger partial charge is 0.480 e. The first-order valence-electron chi connectivity index (χ1n) is 11.0. The summed E-state index contributed by atoms with van der Waals surface area (Å²) in [6.07, 6.45) is -0.669. The summed E-state index contributed by atoms with van der Waals surface area (Å²) in [5.41, 5.74) is 5.13. The maximum Gasteiger partial charge on any atom is 0.410 e. The summed E-state index contributed by atoms with van der Waals surface area (Å²) in [4.78, 5) is 26.6. The van der Waals surface area contributed by atoms with Gasteiger partial charge >= 0.3 is 12.1 Å². The average Bonchev–Trinajstić information content (AvgIpc) is 3.11. The zero-order valence-electron chi connectivity index (χ0n) is 18.6. The van der Waals surface area contributed by atoms with Gasteiger partial charge in [0.15, 0.2) is 0 Å². The molecular weight excluding hydrogens is 438 g/mol. The van der Waals surface area contributed by atoms with E-state index < -0.39 is 18.1 Å². The quantitative estimate of drug-likeness (QED) is 0.453. The second-order valence-electron chi connectivity index (χ2n) is 8.55. The number of carboxylic acids is 1. The molecule has 0 bridgehead atoms. The first-order chi connectivity index (χ1) is 15.9. The van der Waals surface area contributed by atoms with Crippen LogP contribution < -0.4 is 0 Å². The van der Waals surface area contributed by atoms with Gasteiger partial charge in [0, 0.05) is 10.9 Å². The fraction of sp³-hybridized carbons (Fsp3) is 0.259. The van der Waals surface area contributed by atoms with Crippen molar-refractivity contribution in [3.05, 3.63) is 94.5 Å². The van der Waals surface area contributed by atoms with Crippen LogP contribution in [0, 0.1) is 5.92 Å². The number of benzene rings is 3. The van der Waals surface area contributed by atoms with Crippen molar-refractivity contribution in [3.63, 3.8) is 0 Å². The van der Waals surface area contributed by atoms with E-state index in [0.29, 0.717) is 10.6 Å². The molecule has 0 aromatic heterocycles. The van der Waals surface area contributed by atoms with Crippen LogP contribution in [0.15, 0.2) is 72.8 Å². The number of rotatable bonds is 7. The van der Waals surface area contributed by atoms with Gasteiger partial charge in [-0.15, -0.1) is 0 Å². The summed E-state index contributed by atoms with van der Waals surface area (Å²) < 4.78 is 5.78. The van der Waals surface area contributed by atoms with Crippen molar-refractivity contribution in [2.75, 3.05) is 6.61 Å². The van der Waals surface area contributed by atoms with E-state index in [-0.39, 0.29) is 25.0 Å². The van der Waals surface area contributed by atoms with Gasteiger partial charge in [0.25, 0.3) is 0 Å². The van der Waals surface area contributed by atoms with Crippen molar-refractivity contribution in [1.29, 1.82) is 0 Å². The Morgan fingerprint density at radius 1 is 0.939 bits per heavy atom. The lowest BCUT2D eigenvalue weighted by molar-refractivity contribution is -0.144. The molecule has 5 nitrogen and oxygen atoms in total. The van der Waals surface area contributed by atoms with E-state index >= 15 is 0 Å². The fourth-order valence-electron chi connectivity index (χ4n) is 4.54. The highest BCUT2D eigenvalue weighted by atomic mass is 35.5. The second kappa shape index (κ2) is 9.67. The highest BCUT2D eigenvalue weighted by Gasteiger charge is 2.35. The molecule has 0 saturated carbocycles. The summed E-state index contributed by atoms with van der Waals surface area (Å²) in [5.74, 6) is -1.50. The zero-order valence-corrected chi connectivity index (χ0v) is 19.3.